The fraction of sp³-hybridized carbons (Fsp3) is 0.400. The van der Waals surface area contributed by atoms with E-state index in [9.17, 15) is 14.4 Å². The molecule has 0 atom stereocenters. The minimum Gasteiger partial charge on any atom is -0.482 e. The van der Waals surface area contributed by atoms with E-state index in [1.54, 1.807) is 4.90 Å². The number of nitrogens with one attached hydrogen (secondary N) is 1. The predicted octanol–water partition coefficient (Wildman–Crippen LogP) is 2.54. The van der Waals surface area contributed by atoms with Crippen LogP contribution in [0, 0.1) is 0 Å². The maximum absolute atomic E-state index is 12.7. The molecule has 0 saturated carbocycles. The molecule has 2 aliphatic rings. The monoisotopic (exact) mass is 435 g/mol. The molecule has 4 rings (SSSR count). The standard InChI is InChI=1S/C25H29N3O4/c29-23(11-10-19-6-2-1-3-7-19)26-20-12-15-27(16-13-20)24(30)14-17-28-21-8-4-5-9-22(21)32-18-25(28)31/h1-9,20H,10-18H2,(H,26,29). The van der Waals surface area contributed by atoms with Crippen LogP contribution in [-0.4, -0.2) is 54.9 Å². The van der Waals surface area contributed by atoms with Crippen LogP contribution in [0.4, 0.5) is 5.69 Å². The van der Waals surface area contributed by atoms with Gasteiger partial charge in [-0.25, -0.2) is 0 Å². The lowest BCUT2D eigenvalue weighted by Gasteiger charge is -2.34. The summed E-state index contributed by atoms with van der Waals surface area (Å²) >= 11 is 0. The van der Waals surface area contributed by atoms with Crippen molar-refractivity contribution in [3.63, 3.8) is 0 Å². The first-order chi connectivity index (χ1) is 15.6. The fourth-order valence-electron chi connectivity index (χ4n) is 4.24. The van der Waals surface area contributed by atoms with Gasteiger partial charge in [0.2, 0.25) is 11.8 Å². The van der Waals surface area contributed by atoms with Crippen molar-refractivity contribution in [3.8, 4) is 5.75 Å². The number of ether oxygens (including phenoxy) is 1. The fourth-order valence-corrected chi connectivity index (χ4v) is 4.24. The summed E-state index contributed by atoms with van der Waals surface area (Å²) in [4.78, 5) is 40.7. The first-order valence-corrected chi connectivity index (χ1v) is 11.2. The van der Waals surface area contributed by atoms with E-state index < -0.39 is 0 Å². The number of fused-ring (bicyclic) bond motifs is 1. The van der Waals surface area contributed by atoms with Crippen LogP contribution < -0.4 is 15.0 Å². The van der Waals surface area contributed by atoms with Crippen molar-refractivity contribution in [1.82, 2.24) is 10.2 Å². The topological polar surface area (TPSA) is 79.0 Å². The third-order valence-corrected chi connectivity index (χ3v) is 6.05. The number of carbonyl (C=O) groups excluding carboxylic acids is 3. The van der Waals surface area contributed by atoms with Crippen molar-refractivity contribution >= 4 is 23.4 Å². The SMILES string of the molecule is O=C(CCc1ccccc1)NC1CCN(C(=O)CCN2C(=O)COc3ccccc32)CC1. The summed E-state index contributed by atoms with van der Waals surface area (Å²) in [6.45, 7) is 1.58. The molecule has 1 N–H and O–H groups in total. The van der Waals surface area contributed by atoms with E-state index in [0.717, 1.165) is 24.8 Å². The van der Waals surface area contributed by atoms with Crippen LogP contribution in [0.2, 0.25) is 0 Å². The van der Waals surface area contributed by atoms with Gasteiger partial charge in [0.25, 0.3) is 5.91 Å². The Labute approximate surface area is 188 Å². The Morgan fingerprint density at radius 3 is 2.47 bits per heavy atom. The van der Waals surface area contributed by atoms with Gasteiger partial charge in [-0.3, -0.25) is 14.4 Å². The number of anilines is 1. The molecular formula is C25H29N3O4. The van der Waals surface area contributed by atoms with E-state index in [0.29, 0.717) is 37.5 Å². The molecule has 0 aliphatic carbocycles. The molecule has 0 bridgehead atoms. The summed E-state index contributed by atoms with van der Waals surface area (Å²) < 4.78 is 5.45. The molecule has 0 spiro atoms. The van der Waals surface area contributed by atoms with Crippen LogP contribution in [0.15, 0.2) is 54.6 Å². The average molecular weight is 436 g/mol. The summed E-state index contributed by atoms with van der Waals surface area (Å²) in [6, 6.07) is 17.5. The lowest BCUT2D eigenvalue weighted by molar-refractivity contribution is -0.132. The summed E-state index contributed by atoms with van der Waals surface area (Å²) in [5, 5.41) is 3.11. The van der Waals surface area contributed by atoms with E-state index in [1.165, 1.54) is 0 Å². The van der Waals surface area contributed by atoms with Crippen LogP contribution in [0.3, 0.4) is 0 Å². The second-order valence-corrected chi connectivity index (χ2v) is 8.26. The predicted molar refractivity (Wildman–Crippen MR) is 121 cm³/mol. The van der Waals surface area contributed by atoms with Crippen molar-refractivity contribution in [2.45, 2.75) is 38.1 Å². The molecule has 1 saturated heterocycles. The highest BCUT2D eigenvalue weighted by Gasteiger charge is 2.28. The summed E-state index contributed by atoms with van der Waals surface area (Å²) in [5.74, 6) is 0.635. The zero-order valence-corrected chi connectivity index (χ0v) is 18.2. The van der Waals surface area contributed by atoms with Crippen molar-refractivity contribution in [2.24, 2.45) is 0 Å². The molecule has 0 radical (unpaired) electrons. The molecule has 7 nitrogen and oxygen atoms in total. The molecular weight excluding hydrogens is 406 g/mol. The number of piperidine rings is 1. The Balaban J connectivity index is 1.19. The van der Waals surface area contributed by atoms with Gasteiger partial charge < -0.3 is 19.9 Å². The zero-order chi connectivity index (χ0) is 22.3. The number of rotatable bonds is 7. The number of nitrogens with zero attached hydrogens (tertiary/aromatic N) is 2. The van der Waals surface area contributed by atoms with E-state index in [-0.39, 0.29) is 36.8 Å². The third-order valence-electron chi connectivity index (χ3n) is 6.05. The number of hydrogen-bond acceptors (Lipinski definition) is 4. The van der Waals surface area contributed by atoms with Gasteiger partial charge in [-0.1, -0.05) is 42.5 Å². The van der Waals surface area contributed by atoms with Gasteiger partial charge in [-0.15, -0.1) is 0 Å². The second kappa shape index (κ2) is 10.3. The van der Waals surface area contributed by atoms with Crippen LogP contribution >= 0.6 is 0 Å². The van der Waals surface area contributed by atoms with E-state index >= 15 is 0 Å². The first-order valence-electron chi connectivity index (χ1n) is 11.2. The Hall–Kier alpha value is -3.35. The minimum absolute atomic E-state index is 0.000564. The number of hydrogen-bond donors (Lipinski definition) is 1. The third kappa shape index (κ3) is 5.46. The smallest absolute Gasteiger partial charge is 0.265 e. The molecule has 7 heteroatoms. The molecule has 0 unspecified atom stereocenters. The normalized spacial score (nSPS) is 16.3. The quantitative estimate of drug-likeness (QED) is 0.725. The number of para-hydroxylation sites is 2. The number of aryl methyl sites for hydroxylation is 1. The van der Waals surface area contributed by atoms with Gasteiger partial charge in [-0.05, 0) is 37.0 Å². The highest BCUT2D eigenvalue weighted by atomic mass is 16.5. The number of likely N-dealkylation sites (tertiary alicyclic amines) is 1. The summed E-state index contributed by atoms with van der Waals surface area (Å²) in [6.07, 6.45) is 2.98. The maximum atomic E-state index is 12.7. The van der Waals surface area contributed by atoms with Crippen LogP contribution in [0.5, 0.6) is 5.75 Å². The van der Waals surface area contributed by atoms with Crippen molar-refractivity contribution in [3.05, 3.63) is 60.2 Å². The van der Waals surface area contributed by atoms with Crippen molar-refractivity contribution < 1.29 is 19.1 Å². The molecule has 0 aromatic heterocycles. The highest BCUT2D eigenvalue weighted by molar-refractivity contribution is 5.98. The molecule has 32 heavy (non-hydrogen) atoms. The van der Waals surface area contributed by atoms with E-state index in [1.807, 2.05) is 59.5 Å². The van der Waals surface area contributed by atoms with E-state index in [4.69, 9.17) is 4.74 Å². The lowest BCUT2D eigenvalue weighted by atomic mass is 10.0. The zero-order valence-electron chi connectivity index (χ0n) is 18.2. The van der Waals surface area contributed by atoms with Gasteiger partial charge in [0.05, 0.1) is 5.69 Å². The molecule has 168 valence electrons. The summed E-state index contributed by atoms with van der Waals surface area (Å²) in [7, 11) is 0. The number of benzene rings is 2. The van der Waals surface area contributed by atoms with Crippen LogP contribution in [-0.2, 0) is 20.8 Å². The van der Waals surface area contributed by atoms with Gasteiger partial charge in [0.15, 0.2) is 6.61 Å². The molecule has 2 heterocycles. The molecule has 2 aromatic rings. The number of amides is 3. The second-order valence-electron chi connectivity index (χ2n) is 8.26. The molecule has 1 fully saturated rings. The van der Waals surface area contributed by atoms with Gasteiger partial charge in [0, 0.05) is 38.5 Å². The van der Waals surface area contributed by atoms with Gasteiger partial charge >= 0.3 is 0 Å². The van der Waals surface area contributed by atoms with Gasteiger partial charge in [0.1, 0.15) is 5.75 Å². The van der Waals surface area contributed by atoms with E-state index in [2.05, 4.69) is 5.32 Å². The summed E-state index contributed by atoms with van der Waals surface area (Å²) in [5.41, 5.74) is 1.87. The van der Waals surface area contributed by atoms with Crippen LogP contribution in [0.1, 0.15) is 31.2 Å². The van der Waals surface area contributed by atoms with Crippen molar-refractivity contribution in [1.29, 1.82) is 0 Å². The lowest BCUT2D eigenvalue weighted by Crippen LogP contribution is -2.47. The molecule has 2 aromatic carbocycles. The largest absolute Gasteiger partial charge is 0.482 e. The number of carbonyl (C=O) groups is 3. The Bertz CT molecular complexity index is 955. The van der Waals surface area contributed by atoms with Crippen molar-refractivity contribution in [2.75, 3.05) is 31.1 Å². The Morgan fingerprint density at radius 2 is 1.69 bits per heavy atom. The molecule has 3 amide bonds. The maximum Gasteiger partial charge on any atom is 0.265 e. The Morgan fingerprint density at radius 1 is 0.969 bits per heavy atom. The molecule has 2 aliphatic heterocycles. The Kier molecular flexibility index (Phi) is 7.04. The average Bonchev–Trinajstić information content (AvgIpc) is 2.83. The highest BCUT2D eigenvalue weighted by Crippen LogP contribution is 2.31. The van der Waals surface area contributed by atoms with Gasteiger partial charge in [-0.2, -0.15) is 0 Å². The minimum atomic E-state index is -0.131. The van der Waals surface area contributed by atoms with Crippen LogP contribution in [0.25, 0.3) is 0 Å². The first kappa shape index (κ1) is 21.9.